The Morgan fingerprint density at radius 1 is 1.43 bits per heavy atom. The smallest absolute Gasteiger partial charge is 0.322 e. The molecule has 0 unspecified atom stereocenters. The summed E-state index contributed by atoms with van der Waals surface area (Å²) < 4.78 is 5.25. The first-order chi connectivity index (χ1) is 6.63. The van der Waals surface area contributed by atoms with E-state index in [4.69, 9.17) is 10.5 Å². The van der Waals surface area contributed by atoms with Crippen LogP contribution in [0.15, 0.2) is 0 Å². The van der Waals surface area contributed by atoms with Gasteiger partial charge in [0.25, 0.3) is 0 Å². The van der Waals surface area contributed by atoms with Gasteiger partial charge in [0.1, 0.15) is 12.1 Å². The lowest BCUT2D eigenvalue weighted by Gasteiger charge is -2.28. The van der Waals surface area contributed by atoms with Gasteiger partial charge >= 0.3 is 5.97 Å². The van der Waals surface area contributed by atoms with Crippen LogP contribution in [-0.2, 0) is 9.53 Å². The zero-order valence-electron chi connectivity index (χ0n) is 8.95. The maximum Gasteiger partial charge on any atom is 0.322 e. The van der Waals surface area contributed by atoms with Crippen LogP contribution in [0.4, 0.5) is 0 Å². The summed E-state index contributed by atoms with van der Waals surface area (Å²) in [6, 6.07) is 0.0808. The van der Waals surface area contributed by atoms with Gasteiger partial charge < -0.3 is 15.8 Å². The summed E-state index contributed by atoms with van der Waals surface area (Å²) in [5.41, 5.74) is 5.42. The van der Waals surface area contributed by atoms with Crippen LogP contribution >= 0.6 is 0 Å². The highest BCUT2D eigenvalue weighted by molar-refractivity contribution is 5.75. The molecule has 0 heterocycles. The van der Waals surface area contributed by atoms with Crippen molar-refractivity contribution in [3.63, 3.8) is 0 Å². The Bertz CT molecular complexity index is 187. The van der Waals surface area contributed by atoms with Crippen LogP contribution in [0, 0.1) is 0 Å². The topological polar surface area (TPSA) is 64.3 Å². The van der Waals surface area contributed by atoms with Crippen molar-refractivity contribution in [3.05, 3.63) is 0 Å². The lowest BCUT2D eigenvalue weighted by Crippen LogP contribution is -2.37. The van der Waals surface area contributed by atoms with Crippen LogP contribution in [0.5, 0.6) is 0 Å². The summed E-state index contributed by atoms with van der Waals surface area (Å²) in [6.45, 7) is 1.65. The Balaban J connectivity index is 2.25. The highest BCUT2D eigenvalue weighted by Crippen LogP contribution is 2.21. The van der Waals surface area contributed by atoms with Crippen molar-refractivity contribution < 1.29 is 9.53 Å². The van der Waals surface area contributed by atoms with Crippen molar-refractivity contribution in [2.45, 2.75) is 50.8 Å². The predicted molar refractivity (Wildman–Crippen MR) is 54.8 cm³/mol. The summed E-state index contributed by atoms with van der Waals surface area (Å²) in [4.78, 5) is 11.2. The molecule has 1 aliphatic carbocycles. The molecule has 0 aromatic carbocycles. The van der Waals surface area contributed by atoms with E-state index >= 15 is 0 Å². The number of nitrogens with one attached hydrogen (secondary N) is 1. The fourth-order valence-electron chi connectivity index (χ4n) is 1.74. The van der Waals surface area contributed by atoms with E-state index < -0.39 is 6.04 Å². The van der Waals surface area contributed by atoms with Gasteiger partial charge in [-0.05, 0) is 39.7 Å². The van der Waals surface area contributed by atoms with Crippen molar-refractivity contribution in [1.82, 2.24) is 5.32 Å². The van der Waals surface area contributed by atoms with Gasteiger partial charge in [-0.1, -0.05) is 0 Å². The second kappa shape index (κ2) is 5.32. The van der Waals surface area contributed by atoms with Crippen molar-refractivity contribution in [1.29, 1.82) is 0 Å². The molecule has 0 aliphatic heterocycles. The van der Waals surface area contributed by atoms with Crippen molar-refractivity contribution >= 4 is 5.97 Å². The van der Waals surface area contributed by atoms with E-state index in [0.717, 1.165) is 25.7 Å². The summed E-state index contributed by atoms with van der Waals surface area (Å²) in [6.07, 6.45) is 4.13. The Morgan fingerprint density at radius 2 is 2.00 bits per heavy atom. The monoisotopic (exact) mass is 200 g/mol. The van der Waals surface area contributed by atoms with E-state index in [0.29, 0.717) is 6.04 Å². The number of rotatable bonds is 3. The van der Waals surface area contributed by atoms with Crippen LogP contribution in [0.3, 0.4) is 0 Å². The average Bonchev–Trinajstić information content (AvgIpc) is 2.19. The van der Waals surface area contributed by atoms with Gasteiger partial charge in [0.15, 0.2) is 0 Å². The molecule has 1 saturated carbocycles. The minimum Gasteiger partial charge on any atom is -0.461 e. The molecule has 0 radical (unpaired) electrons. The van der Waals surface area contributed by atoms with Gasteiger partial charge in [0.05, 0.1) is 0 Å². The van der Waals surface area contributed by atoms with E-state index in [1.54, 1.807) is 6.92 Å². The molecule has 14 heavy (non-hydrogen) atoms. The fraction of sp³-hybridized carbons (Fsp3) is 0.900. The number of hydrogen-bond donors (Lipinski definition) is 2. The van der Waals surface area contributed by atoms with Crippen molar-refractivity contribution in [2.75, 3.05) is 7.05 Å². The van der Waals surface area contributed by atoms with E-state index in [9.17, 15) is 4.79 Å². The van der Waals surface area contributed by atoms with E-state index in [1.807, 2.05) is 7.05 Å². The standard InChI is InChI=1S/C10H20N2O2/c1-7(11)10(13)14-9-5-3-8(12-2)4-6-9/h7-9,12H,3-6,11H2,1-2H3/t7-,8?,9?/m1/s1. The highest BCUT2D eigenvalue weighted by Gasteiger charge is 2.23. The quantitative estimate of drug-likeness (QED) is 0.648. The molecule has 0 bridgehead atoms. The lowest BCUT2D eigenvalue weighted by atomic mass is 9.93. The molecule has 82 valence electrons. The average molecular weight is 200 g/mol. The molecule has 0 aromatic rings. The summed E-state index contributed by atoms with van der Waals surface area (Å²) in [5, 5.41) is 3.24. The minimum atomic E-state index is -0.503. The lowest BCUT2D eigenvalue weighted by molar-refractivity contribution is -0.151. The van der Waals surface area contributed by atoms with Crippen LogP contribution < -0.4 is 11.1 Å². The van der Waals surface area contributed by atoms with Gasteiger partial charge in [0, 0.05) is 6.04 Å². The molecule has 4 nitrogen and oxygen atoms in total. The molecule has 1 aliphatic rings. The molecular weight excluding hydrogens is 180 g/mol. The Labute approximate surface area is 85.2 Å². The second-order valence-corrected chi connectivity index (χ2v) is 3.99. The zero-order valence-corrected chi connectivity index (χ0v) is 8.95. The largest absolute Gasteiger partial charge is 0.461 e. The van der Waals surface area contributed by atoms with E-state index in [-0.39, 0.29) is 12.1 Å². The number of carbonyl (C=O) groups is 1. The first kappa shape index (κ1) is 11.5. The minimum absolute atomic E-state index is 0.0816. The first-order valence-electron chi connectivity index (χ1n) is 5.26. The molecular formula is C10H20N2O2. The van der Waals surface area contributed by atoms with E-state index in [2.05, 4.69) is 5.32 Å². The zero-order chi connectivity index (χ0) is 10.6. The third kappa shape index (κ3) is 3.27. The summed E-state index contributed by atoms with van der Waals surface area (Å²) >= 11 is 0. The van der Waals surface area contributed by atoms with Crippen LogP contribution in [0.2, 0.25) is 0 Å². The van der Waals surface area contributed by atoms with Crippen LogP contribution in [-0.4, -0.2) is 31.2 Å². The molecule has 0 amide bonds. The van der Waals surface area contributed by atoms with Gasteiger partial charge in [-0.15, -0.1) is 0 Å². The van der Waals surface area contributed by atoms with Gasteiger partial charge in [0.2, 0.25) is 0 Å². The second-order valence-electron chi connectivity index (χ2n) is 3.99. The van der Waals surface area contributed by atoms with Crippen molar-refractivity contribution in [2.24, 2.45) is 5.73 Å². The number of hydrogen-bond acceptors (Lipinski definition) is 4. The predicted octanol–water partition coefficient (Wildman–Crippen LogP) is 0.407. The van der Waals surface area contributed by atoms with Crippen LogP contribution in [0.25, 0.3) is 0 Å². The Kier molecular flexibility index (Phi) is 4.35. The summed E-state index contributed by atoms with van der Waals surface area (Å²) in [5.74, 6) is -0.280. The van der Waals surface area contributed by atoms with Gasteiger partial charge in [-0.25, -0.2) is 0 Å². The van der Waals surface area contributed by atoms with Gasteiger partial charge in [-0.3, -0.25) is 4.79 Å². The molecule has 3 N–H and O–H groups in total. The number of nitrogens with two attached hydrogens (primary N) is 1. The molecule has 0 spiro atoms. The molecule has 1 rings (SSSR count). The Morgan fingerprint density at radius 3 is 2.43 bits per heavy atom. The van der Waals surface area contributed by atoms with Crippen molar-refractivity contribution in [3.8, 4) is 0 Å². The molecule has 1 fully saturated rings. The number of carbonyl (C=O) groups excluding carboxylic acids is 1. The normalized spacial score (nSPS) is 29.6. The number of ether oxygens (including phenoxy) is 1. The number of esters is 1. The third-order valence-corrected chi connectivity index (χ3v) is 2.74. The summed E-state index contributed by atoms with van der Waals surface area (Å²) in [7, 11) is 1.97. The maximum absolute atomic E-state index is 11.2. The molecule has 0 saturated heterocycles. The molecule has 4 heteroatoms. The first-order valence-corrected chi connectivity index (χ1v) is 5.26. The Hall–Kier alpha value is -0.610. The molecule has 0 aromatic heterocycles. The van der Waals surface area contributed by atoms with Gasteiger partial charge in [-0.2, -0.15) is 0 Å². The fourth-order valence-corrected chi connectivity index (χ4v) is 1.74. The van der Waals surface area contributed by atoms with E-state index in [1.165, 1.54) is 0 Å². The maximum atomic E-state index is 11.2. The molecule has 1 atom stereocenters. The third-order valence-electron chi connectivity index (χ3n) is 2.74. The SMILES string of the molecule is CNC1CCC(OC(=O)[C@@H](C)N)CC1. The highest BCUT2D eigenvalue weighted by atomic mass is 16.5. The van der Waals surface area contributed by atoms with Crippen LogP contribution in [0.1, 0.15) is 32.6 Å².